The van der Waals surface area contributed by atoms with E-state index in [0.717, 1.165) is 0 Å². The number of carbonyl (C=O) groups is 2. The van der Waals surface area contributed by atoms with Crippen molar-refractivity contribution in [1.29, 1.82) is 0 Å². The van der Waals surface area contributed by atoms with Crippen molar-refractivity contribution >= 4 is 27.9 Å². The molecule has 1 rings (SSSR count). The average Bonchev–Trinajstić information content (AvgIpc) is 2.17. The van der Waals surface area contributed by atoms with Gasteiger partial charge in [-0.3, -0.25) is 4.79 Å². The van der Waals surface area contributed by atoms with Gasteiger partial charge in [-0.2, -0.15) is 0 Å². The van der Waals surface area contributed by atoms with Crippen LogP contribution in [0.1, 0.15) is 0 Å². The molecule has 0 saturated carbocycles. The number of halogens is 1. The fourth-order valence-corrected chi connectivity index (χ4v) is 1.59. The van der Waals surface area contributed by atoms with Gasteiger partial charge in [0.15, 0.2) is 0 Å². The van der Waals surface area contributed by atoms with Crippen molar-refractivity contribution in [2.45, 2.75) is 0 Å². The molecule has 1 N–H and O–H groups in total. The van der Waals surface area contributed by atoms with E-state index in [9.17, 15) is 9.59 Å². The number of carbonyl (C=O) groups excluding carboxylic acids is 1. The molecule has 2 amide bonds. The van der Waals surface area contributed by atoms with Gasteiger partial charge < -0.3 is 14.9 Å². The number of hydrogen-bond donors (Lipinski definition) is 1. The third-order valence-electron chi connectivity index (χ3n) is 2.02. The first kappa shape index (κ1) is 10.3. The summed E-state index contributed by atoms with van der Waals surface area (Å²) in [6.07, 6.45) is -0.911. The molecule has 1 heterocycles. The van der Waals surface area contributed by atoms with Crippen molar-refractivity contribution in [2.24, 2.45) is 0 Å². The van der Waals surface area contributed by atoms with Crippen LogP contribution in [0.25, 0.3) is 0 Å². The van der Waals surface area contributed by atoms with Gasteiger partial charge in [0, 0.05) is 26.2 Å². The largest absolute Gasteiger partial charge is 0.465 e. The van der Waals surface area contributed by atoms with Crippen molar-refractivity contribution in [2.75, 3.05) is 31.5 Å². The Kier molecular flexibility index (Phi) is 3.53. The predicted molar refractivity (Wildman–Crippen MR) is 50.0 cm³/mol. The number of alkyl halides is 1. The molecule has 0 bridgehead atoms. The highest BCUT2D eigenvalue weighted by Gasteiger charge is 2.22. The lowest BCUT2D eigenvalue weighted by Gasteiger charge is -2.32. The van der Waals surface area contributed by atoms with Gasteiger partial charge in [-0.05, 0) is 0 Å². The van der Waals surface area contributed by atoms with E-state index in [1.54, 1.807) is 4.90 Å². The Hall–Kier alpha value is -0.780. The molecule has 0 aromatic rings. The van der Waals surface area contributed by atoms with Gasteiger partial charge in [0.05, 0.1) is 5.33 Å². The normalized spacial score (nSPS) is 17.3. The summed E-state index contributed by atoms with van der Waals surface area (Å²) in [6, 6.07) is 0. The summed E-state index contributed by atoms with van der Waals surface area (Å²) >= 11 is 3.07. The van der Waals surface area contributed by atoms with E-state index in [2.05, 4.69) is 15.9 Å². The molecule has 1 fully saturated rings. The Morgan fingerprint density at radius 3 is 2.00 bits per heavy atom. The molecule has 6 heteroatoms. The van der Waals surface area contributed by atoms with E-state index in [-0.39, 0.29) is 5.91 Å². The Balaban J connectivity index is 2.39. The highest BCUT2D eigenvalue weighted by molar-refractivity contribution is 9.09. The molecular formula is C7H11BrN2O3. The van der Waals surface area contributed by atoms with Gasteiger partial charge in [0.2, 0.25) is 5.91 Å². The smallest absolute Gasteiger partial charge is 0.407 e. The molecule has 0 radical (unpaired) electrons. The molecule has 1 saturated heterocycles. The van der Waals surface area contributed by atoms with E-state index in [1.165, 1.54) is 4.90 Å². The van der Waals surface area contributed by atoms with Gasteiger partial charge in [-0.1, -0.05) is 15.9 Å². The summed E-state index contributed by atoms with van der Waals surface area (Å²) < 4.78 is 0. The minimum atomic E-state index is -0.911. The molecule has 0 spiro atoms. The Labute approximate surface area is 84.4 Å². The third-order valence-corrected chi connectivity index (χ3v) is 2.50. The van der Waals surface area contributed by atoms with Crippen molar-refractivity contribution in [1.82, 2.24) is 9.80 Å². The molecule has 0 atom stereocenters. The van der Waals surface area contributed by atoms with Crippen LogP contribution >= 0.6 is 15.9 Å². The van der Waals surface area contributed by atoms with Crippen LogP contribution in [-0.2, 0) is 4.79 Å². The number of amides is 2. The fourth-order valence-electron chi connectivity index (χ4n) is 1.23. The maximum atomic E-state index is 11.2. The van der Waals surface area contributed by atoms with Crippen LogP contribution in [0.5, 0.6) is 0 Å². The van der Waals surface area contributed by atoms with Crippen LogP contribution < -0.4 is 0 Å². The van der Waals surface area contributed by atoms with E-state index in [4.69, 9.17) is 5.11 Å². The quantitative estimate of drug-likeness (QED) is 0.677. The molecule has 13 heavy (non-hydrogen) atoms. The lowest BCUT2D eigenvalue weighted by atomic mass is 10.3. The number of carboxylic acid groups (broad SMARTS) is 1. The number of hydrogen-bond acceptors (Lipinski definition) is 2. The SMILES string of the molecule is O=C(O)N1CCN(C(=O)CBr)CC1. The van der Waals surface area contributed by atoms with Crippen molar-refractivity contribution in [3.63, 3.8) is 0 Å². The van der Waals surface area contributed by atoms with Crippen LogP contribution in [-0.4, -0.2) is 58.4 Å². The van der Waals surface area contributed by atoms with Gasteiger partial charge >= 0.3 is 6.09 Å². The Morgan fingerprint density at radius 1 is 1.15 bits per heavy atom. The first-order valence-electron chi connectivity index (χ1n) is 3.96. The second-order valence-corrected chi connectivity index (χ2v) is 3.34. The number of piperazine rings is 1. The van der Waals surface area contributed by atoms with Crippen molar-refractivity contribution in [3.8, 4) is 0 Å². The molecule has 1 aliphatic heterocycles. The van der Waals surface area contributed by atoms with Crippen molar-refractivity contribution in [3.05, 3.63) is 0 Å². The van der Waals surface area contributed by atoms with Crippen LogP contribution in [0.4, 0.5) is 4.79 Å². The zero-order valence-electron chi connectivity index (χ0n) is 7.07. The molecule has 74 valence electrons. The number of rotatable bonds is 1. The highest BCUT2D eigenvalue weighted by Crippen LogP contribution is 2.03. The molecule has 0 unspecified atom stereocenters. The van der Waals surface area contributed by atoms with Gasteiger partial charge in [0.1, 0.15) is 0 Å². The van der Waals surface area contributed by atoms with Crippen LogP contribution in [0.15, 0.2) is 0 Å². The van der Waals surface area contributed by atoms with Crippen molar-refractivity contribution < 1.29 is 14.7 Å². The molecule has 0 aromatic heterocycles. The summed E-state index contributed by atoms with van der Waals surface area (Å²) in [7, 11) is 0. The second kappa shape index (κ2) is 4.45. The van der Waals surface area contributed by atoms with E-state index in [0.29, 0.717) is 31.5 Å². The maximum Gasteiger partial charge on any atom is 0.407 e. The van der Waals surface area contributed by atoms with Crippen LogP contribution in [0.3, 0.4) is 0 Å². The summed E-state index contributed by atoms with van der Waals surface area (Å²) in [4.78, 5) is 24.6. The van der Waals surface area contributed by atoms with Gasteiger partial charge in [-0.25, -0.2) is 4.79 Å². The van der Waals surface area contributed by atoms with E-state index in [1.807, 2.05) is 0 Å². The molecule has 0 aromatic carbocycles. The van der Waals surface area contributed by atoms with E-state index < -0.39 is 6.09 Å². The first-order valence-corrected chi connectivity index (χ1v) is 5.09. The van der Waals surface area contributed by atoms with Gasteiger partial charge in [-0.15, -0.1) is 0 Å². The lowest BCUT2D eigenvalue weighted by molar-refractivity contribution is -0.129. The minimum absolute atomic E-state index is 0.0186. The predicted octanol–water partition coefficient (Wildman–Crippen LogP) is 0.204. The summed E-state index contributed by atoms with van der Waals surface area (Å²) in [5, 5.41) is 8.94. The average molecular weight is 251 g/mol. The first-order chi connectivity index (χ1) is 6.15. The molecular weight excluding hydrogens is 240 g/mol. The van der Waals surface area contributed by atoms with E-state index >= 15 is 0 Å². The third kappa shape index (κ3) is 2.58. The topological polar surface area (TPSA) is 60.9 Å². The maximum absolute atomic E-state index is 11.2. The standard InChI is InChI=1S/C7H11BrN2O3/c8-5-6(11)9-1-3-10(4-2-9)7(12)13/h1-5H2,(H,12,13). The van der Waals surface area contributed by atoms with Crippen LogP contribution in [0, 0.1) is 0 Å². The molecule has 1 aliphatic rings. The lowest BCUT2D eigenvalue weighted by Crippen LogP contribution is -2.50. The van der Waals surface area contributed by atoms with Crippen LogP contribution in [0.2, 0.25) is 0 Å². The Bertz CT molecular complexity index is 214. The number of nitrogens with zero attached hydrogens (tertiary/aromatic N) is 2. The summed E-state index contributed by atoms with van der Waals surface area (Å²) in [5.74, 6) is 0.0186. The van der Waals surface area contributed by atoms with Gasteiger partial charge in [0.25, 0.3) is 0 Å². The molecule has 5 nitrogen and oxygen atoms in total. The highest BCUT2D eigenvalue weighted by atomic mass is 79.9. The minimum Gasteiger partial charge on any atom is -0.465 e. The zero-order valence-corrected chi connectivity index (χ0v) is 8.66. The Morgan fingerprint density at radius 2 is 1.62 bits per heavy atom. The monoisotopic (exact) mass is 250 g/mol. The fraction of sp³-hybridized carbons (Fsp3) is 0.714. The summed E-state index contributed by atoms with van der Waals surface area (Å²) in [5.41, 5.74) is 0. The summed E-state index contributed by atoms with van der Waals surface area (Å²) in [6.45, 7) is 1.82. The zero-order chi connectivity index (χ0) is 9.84. The molecule has 0 aliphatic carbocycles. The second-order valence-electron chi connectivity index (χ2n) is 2.78.